The van der Waals surface area contributed by atoms with Crippen LogP contribution in [0.2, 0.25) is 0 Å². The molecule has 702 valence electrons. The lowest BCUT2D eigenvalue weighted by Gasteiger charge is -2.28. The molecule has 3 aliphatic heterocycles. The molecule has 17 amide bonds. The summed E-state index contributed by atoms with van der Waals surface area (Å²) >= 11 is 0. The number of carbonyl (C=O) groups is 18. The first kappa shape index (κ1) is 106. The number of aliphatic carboxylic acids is 1. The van der Waals surface area contributed by atoms with Crippen molar-refractivity contribution in [3.63, 3.8) is 0 Å². The van der Waals surface area contributed by atoms with E-state index in [2.05, 4.69) is 105 Å². The van der Waals surface area contributed by atoms with E-state index in [-0.39, 0.29) is 64.9 Å². The Morgan fingerprint density at radius 3 is 1.24 bits per heavy atom. The molecular weight excluding hydrogens is 1790 g/mol. The summed E-state index contributed by atoms with van der Waals surface area (Å²) in [5.41, 5.74) is 36.0. The van der Waals surface area contributed by atoms with Crippen LogP contribution in [0.4, 0.5) is 0 Å². The van der Waals surface area contributed by atoms with Gasteiger partial charge in [0.15, 0.2) is 11.9 Å². The fraction of sp³-hybridized carbons (Fsp3) is 0.563. The summed E-state index contributed by atoms with van der Waals surface area (Å²) in [4.78, 5) is 270. The van der Waals surface area contributed by atoms with Crippen LogP contribution in [0.25, 0.3) is 10.9 Å². The highest BCUT2D eigenvalue weighted by Crippen LogP contribution is 2.28. The molecule has 0 unspecified atom stereocenters. The highest BCUT2D eigenvalue weighted by Gasteiger charge is 2.41. The number of fused-ring (bicyclic) bond motifs is 17. The van der Waals surface area contributed by atoms with Crippen LogP contribution in [0.1, 0.15) is 76.5 Å². The number of para-hydroxylation sites is 1. The molecule has 0 spiro atoms. The largest absolute Gasteiger partial charge is 0.481 e. The van der Waals surface area contributed by atoms with Crippen molar-refractivity contribution in [3.8, 4) is 0 Å². The van der Waals surface area contributed by atoms with Gasteiger partial charge in [-0.05, 0) is 63.1 Å². The maximum Gasteiger partial charge on any atom is 0.305 e. The van der Waals surface area contributed by atoms with E-state index in [0.717, 1.165) is 43.2 Å². The lowest BCUT2D eigenvalue weighted by molar-refractivity contribution is -0.141. The molecule has 4 bridgehead atoms. The van der Waals surface area contributed by atoms with E-state index in [0.29, 0.717) is 38.1 Å². The van der Waals surface area contributed by atoms with Crippen molar-refractivity contribution in [1.29, 1.82) is 10.8 Å². The first-order valence-corrected chi connectivity index (χ1v) is 46.5. The maximum atomic E-state index is 15.5. The minimum absolute atomic E-state index is 0. The van der Waals surface area contributed by atoms with Crippen molar-refractivity contribution < 1.29 is 107 Å². The van der Waals surface area contributed by atoms with Gasteiger partial charge in [0.1, 0.15) is 90.6 Å². The number of hydrogen-bond donors (Lipinski definition) is 31. The van der Waals surface area contributed by atoms with Gasteiger partial charge in [-0.15, -0.1) is 0 Å². The van der Waals surface area contributed by atoms with Crippen LogP contribution < -0.4 is 125 Å². The number of benzene rings is 1. The van der Waals surface area contributed by atoms with Gasteiger partial charge >= 0.3 is 5.97 Å². The van der Waals surface area contributed by atoms with Crippen molar-refractivity contribution >= 4 is 194 Å². The number of aromatic amines is 2. The van der Waals surface area contributed by atoms with Gasteiger partial charge in [0.05, 0.1) is 50.7 Å². The molecule has 3 fully saturated rings. The minimum atomic E-state index is -2.18. The number of carboxylic acids is 1. The fourth-order valence-corrected chi connectivity index (χ4v) is 19.0. The molecule has 5 heterocycles. The van der Waals surface area contributed by atoms with E-state index in [9.17, 15) is 92.3 Å². The van der Waals surface area contributed by atoms with Crippen LogP contribution in [0, 0.1) is 10.8 Å². The number of amides is 17. The fourth-order valence-electron chi connectivity index (χ4n) is 12.1. The third-order valence-electron chi connectivity index (χ3n) is 18.8. The number of H-pyrrole nitrogens is 2. The van der Waals surface area contributed by atoms with Crippen molar-refractivity contribution in [2.24, 2.45) is 34.4 Å². The molecule has 16 atom stereocenters. The van der Waals surface area contributed by atoms with Gasteiger partial charge in [-0.3, -0.25) is 97.1 Å². The predicted octanol–water partition coefficient (Wildman–Crippen LogP) is -11.4. The SMILES string of the molecule is C.N=C(N)NCCC[C@@H]1NC(=O)[C@H](CO)NC(=O)[C@H](Cc2c[nH]cn2)NC(=O)[C@H](CC(=O)O)NC(=O)[C@H](CCCNC(=N)N)NC(=O)[C@@H]2CSSC[C@H](N)C(=O)N[C@H]3CSSC[C@H](NC1=O)C(=O)N[C@H](C(N)=O)CSSC[C@H](NC(=O)[C@H](CC(N)=O)NC3=O)C(=O)N[C@@H](CO)C(=O)N[C@@H](CO)C(=O)N[C@@H](CCCCN)C(=O)N[C@@H](Cc1c[nH]c3ccccc13)C(=O)N2. The number of carbonyl (C=O) groups excluding carboxylic acids is 17. The zero-order chi connectivity index (χ0) is 92.7. The molecule has 2 aromatic heterocycles. The molecule has 3 aromatic rings. The van der Waals surface area contributed by atoms with Gasteiger partial charge in [-0.2, -0.15) is 0 Å². The molecule has 56 heteroatoms. The number of nitrogens with one attached hydrogen (secondary N) is 21. The second-order valence-corrected chi connectivity index (χ2v) is 36.2. The van der Waals surface area contributed by atoms with E-state index in [4.69, 9.17) is 45.2 Å². The van der Waals surface area contributed by atoms with Crippen molar-refractivity contribution in [1.82, 2.24) is 105 Å². The van der Waals surface area contributed by atoms with Crippen molar-refractivity contribution in [3.05, 3.63) is 54.2 Å². The topological polar surface area (TPSA) is 841 Å². The van der Waals surface area contributed by atoms with Crippen LogP contribution in [-0.2, 0) is 99.1 Å². The van der Waals surface area contributed by atoms with E-state index in [1.165, 1.54) is 18.7 Å². The number of rotatable bonds is 24. The van der Waals surface area contributed by atoms with Gasteiger partial charge in [0.25, 0.3) is 0 Å². The average molecular weight is 1900 g/mol. The number of primary amides is 2. The number of nitrogens with two attached hydrogens (primary N) is 6. The van der Waals surface area contributed by atoms with Gasteiger partial charge < -0.3 is 155 Å². The molecule has 50 nitrogen and oxygen atoms in total. The lowest BCUT2D eigenvalue weighted by Crippen LogP contribution is -2.62. The first-order chi connectivity index (χ1) is 60.0. The average Bonchev–Trinajstić information content (AvgIpc) is 1.83. The number of aliphatic hydroxyl groups is 3. The van der Waals surface area contributed by atoms with Gasteiger partial charge in [0, 0.05) is 83.7 Å². The van der Waals surface area contributed by atoms with Gasteiger partial charge in [-0.1, -0.05) is 90.4 Å². The summed E-state index contributed by atoms with van der Waals surface area (Å²) in [6, 6.07) is -23.4. The number of nitrogens with zero attached hydrogens (tertiary/aromatic N) is 1. The van der Waals surface area contributed by atoms with Crippen molar-refractivity contribution in [2.75, 3.05) is 74.0 Å². The van der Waals surface area contributed by atoms with E-state index < -0.39 is 308 Å². The molecule has 0 radical (unpaired) electrons. The Hall–Kier alpha value is -11.1. The summed E-state index contributed by atoms with van der Waals surface area (Å²) in [5.74, 6) is -27.2. The summed E-state index contributed by atoms with van der Waals surface area (Å²) in [7, 11) is 4.39. The molecular formula is C71H110N28O22S6. The first-order valence-electron chi connectivity index (χ1n) is 39.1. The van der Waals surface area contributed by atoms with Crippen molar-refractivity contribution in [2.45, 2.75) is 175 Å². The zero-order valence-electron chi connectivity index (χ0n) is 67.5. The summed E-state index contributed by atoms with van der Waals surface area (Å²) < 4.78 is 0. The van der Waals surface area contributed by atoms with E-state index in [1.54, 1.807) is 24.3 Å². The highest BCUT2D eigenvalue weighted by molar-refractivity contribution is 8.77. The van der Waals surface area contributed by atoms with Crippen LogP contribution in [-0.4, -0.2) is 324 Å². The second kappa shape index (κ2) is 54.8. The molecule has 0 aliphatic carbocycles. The van der Waals surface area contributed by atoms with Gasteiger partial charge in [0.2, 0.25) is 100 Å². The monoisotopic (exact) mass is 1900 g/mol. The number of imidazole rings is 1. The number of guanidine groups is 2. The molecule has 127 heavy (non-hydrogen) atoms. The molecule has 6 rings (SSSR count). The third kappa shape index (κ3) is 35.9. The Morgan fingerprint density at radius 2 is 0.787 bits per heavy atom. The zero-order valence-corrected chi connectivity index (χ0v) is 72.4. The Morgan fingerprint density at radius 1 is 0.425 bits per heavy atom. The second-order valence-electron chi connectivity index (χ2n) is 28.5. The molecule has 1 aromatic carbocycles. The van der Waals surface area contributed by atoms with Gasteiger partial charge in [-0.25, -0.2) is 4.98 Å². The smallest absolute Gasteiger partial charge is 0.305 e. The molecule has 3 aliphatic rings. The standard InChI is InChI=1S/C70H106N28O22S6.CH4/c71-12-4-3-9-36-55(107)87-39(15-31-19-82-35-8-2-1-7-33(31)35)58(110)97-48-27-123-121-24-34(72)54(106)95-47-26-125-126-29-50(68(120)94-46(53(74)105)25-122-124-28-49(98-60(112)41(17-51(73)102)89-66(47)118)67(119)93-45(23-101)64(116)92-44(22-100)63(115)84-36)96-57(109)38(11-6-14-81-70(77)78)85-62(114)43(21-99)91-59(111)40(16-32-20-79-30-83-32)88-61(113)42(18-52(103)104)90-56(108)37(86-65(48)117)10-5-13-80-69(75)76;/h1-2,7-8,19-20,30,34,36-50,82,99-101H,3-6,9-18,21-29,71-72H2,(H2,73,102)(H2,74,105)(H,79,83)(H,84,115)(H,85,114)(H,86,117)(H,87,107)(H,88,113)(H,89,118)(H,90,108)(H,91,111)(H,92,116)(H,93,119)(H,94,120)(H,95,106)(H,96,109)(H,97,110)(H,98,112)(H,103,104)(H4,75,76,80)(H4,77,78,81);1H4/t34-,36-,37-,38-,39-,40-,41-,42-,43-,44-,45-,46-,47-,48-,49-,50-;/m0./s1. The predicted molar refractivity (Wildman–Crippen MR) is 470 cm³/mol. The van der Waals surface area contributed by atoms with Crippen LogP contribution in [0.15, 0.2) is 43.0 Å². The Bertz CT molecular complexity index is 4350. The lowest BCUT2D eigenvalue weighted by atomic mass is 10.0. The Labute approximate surface area is 749 Å². The molecule has 37 N–H and O–H groups in total. The van der Waals surface area contributed by atoms with Crippen LogP contribution in [0.3, 0.4) is 0 Å². The minimum Gasteiger partial charge on any atom is -0.481 e. The number of unbranched alkanes of at least 4 members (excludes halogenated alkanes) is 1. The summed E-state index contributed by atoms with van der Waals surface area (Å²) in [6.07, 6.45) is -0.303. The van der Waals surface area contributed by atoms with Crippen LogP contribution in [0.5, 0.6) is 0 Å². The summed E-state index contributed by atoms with van der Waals surface area (Å²) in [5, 5.41) is 99.7. The normalized spacial score (nSPS) is 26.2. The quantitative estimate of drug-likeness (QED) is 0.0171. The highest BCUT2D eigenvalue weighted by atomic mass is 33.1. The molecule has 0 saturated carbocycles. The number of hydrogen-bond acceptors (Lipinski definition) is 32. The third-order valence-corrected chi connectivity index (χ3v) is 26.1. The number of aliphatic hydroxyl groups excluding tert-OH is 3. The Kier molecular flexibility index (Phi) is 45.9. The van der Waals surface area contributed by atoms with E-state index in [1.807, 2.05) is 0 Å². The number of carboxylic acid groups (broad SMARTS) is 1. The molecule has 3 saturated heterocycles. The van der Waals surface area contributed by atoms with E-state index >= 15 is 14.4 Å². The maximum absolute atomic E-state index is 15.5. The Balaban J connectivity index is 0.0000286. The van der Waals surface area contributed by atoms with Crippen LogP contribution >= 0.6 is 64.8 Å². The number of aromatic nitrogens is 3. The summed E-state index contributed by atoms with van der Waals surface area (Å²) in [6.45, 7) is -4.02.